The molecular weight excluding hydrogens is 298 g/mol. The van der Waals surface area contributed by atoms with Crippen LogP contribution in [-0.4, -0.2) is 31.1 Å². The standard InChI is InChI=1S/C16H19N3O2S/c1-10(11-7-17-8-11)15(20)19-16-18-13(9-22-16)12-5-3-4-6-14(12)21-2/h3-6,9-11,17H,7-8H2,1-2H3,(H,18,19,20). The molecule has 0 saturated carbocycles. The van der Waals surface area contributed by atoms with E-state index in [2.05, 4.69) is 15.6 Å². The number of ether oxygens (including phenoxy) is 1. The summed E-state index contributed by atoms with van der Waals surface area (Å²) in [5.74, 6) is 1.24. The molecule has 0 bridgehead atoms. The van der Waals surface area contributed by atoms with Crippen LogP contribution in [0.15, 0.2) is 29.6 Å². The Bertz CT molecular complexity index is 667. The van der Waals surface area contributed by atoms with Gasteiger partial charge >= 0.3 is 0 Å². The van der Waals surface area contributed by atoms with Gasteiger partial charge in [0.25, 0.3) is 0 Å². The minimum atomic E-state index is -0.000128. The monoisotopic (exact) mass is 317 g/mol. The Labute approximate surface area is 133 Å². The lowest BCUT2D eigenvalue weighted by Crippen LogP contribution is -2.48. The van der Waals surface area contributed by atoms with E-state index in [4.69, 9.17) is 4.74 Å². The second-order valence-corrected chi connectivity index (χ2v) is 6.29. The van der Waals surface area contributed by atoms with Crippen LogP contribution in [0, 0.1) is 11.8 Å². The molecule has 2 N–H and O–H groups in total. The number of rotatable bonds is 5. The molecule has 1 atom stereocenters. The molecule has 1 aromatic carbocycles. The molecule has 6 heteroatoms. The van der Waals surface area contributed by atoms with Crippen molar-refractivity contribution in [2.24, 2.45) is 11.8 Å². The van der Waals surface area contributed by atoms with Gasteiger partial charge in [-0.1, -0.05) is 19.1 Å². The highest BCUT2D eigenvalue weighted by Gasteiger charge is 2.29. The van der Waals surface area contributed by atoms with Crippen molar-refractivity contribution in [2.45, 2.75) is 6.92 Å². The number of nitrogens with one attached hydrogen (secondary N) is 2. The SMILES string of the molecule is COc1ccccc1-c1csc(NC(=O)C(C)C2CNC2)n1. The fraction of sp³-hybridized carbons (Fsp3) is 0.375. The third kappa shape index (κ3) is 2.98. The first kappa shape index (κ1) is 15.0. The van der Waals surface area contributed by atoms with Crippen LogP contribution in [0.1, 0.15) is 6.92 Å². The van der Waals surface area contributed by atoms with Crippen LogP contribution in [0.4, 0.5) is 5.13 Å². The van der Waals surface area contributed by atoms with Crippen molar-refractivity contribution in [3.63, 3.8) is 0 Å². The molecule has 0 radical (unpaired) electrons. The van der Waals surface area contributed by atoms with E-state index in [1.165, 1.54) is 11.3 Å². The second kappa shape index (κ2) is 6.46. The van der Waals surface area contributed by atoms with Crippen molar-refractivity contribution in [3.8, 4) is 17.0 Å². The summed E-state index contributed by atoms with van der Waals surface area (Å²) in [5.41, 5.74) is 1.74. The van der Waals surface area contributed by atoms with Crippen LogP contribution >= 0.6 is 11.3 Å². The van der Waals surface area contributed by atoms with Gasteiger partial charge in [0.2, 0.25) is 5.91 Å². The number of benzene rings is 1. The quantitative estimate of drug-likeness (QED) is 0.890. The fourth-order valence-electron chi connectivity index (χ4n) is 2.41. The van der Waals surface area contributed by atoms with E-state index in [0.717, 1.165) is 30.1 Å². The fourth-order valence-corrected chi connectivity index (χ4v) is 3.12. The van der Waals surface area contributed by atoms with E-state index in [1.807, 2.05) is 36.6 Å². The van der Waals surface area contributed by atoms with Gasteiger partial charge in [0, 0.05) is 16.9 Å². The molecule has 2 heterocycles. The number of carbonyl (C=O) groups excluding carboxylic acids is 1. The Hall–Kier alpha value is -1.92. The summed E-state index contributed by atoms with van der Waals surface area (Å²) in [6, 6.07) is 7.73. The molecule has 2 aromatic rings. The van der Waals surface area contributed by atoms with Gasteiger partial charge in [-0.15, -0.1) is 11.3 Å². The smallest absolute Gasteiger partial charge is 0.229 e. The van der Waals surface area contributed by atoms with Gasteiger partial charge < -0.3 is 15.4 Å². The summed E-state index contributed by atoms with van der Waals surface area (Å²) in [6.45, 7) is 3.80. The van der Waals surface area contributed by atoms with Gasteiger partial charge in [-0.05, 0) is 31.1 Å². The molecule has 1 fully saturated rings. The highest BCUT2D eigenvalue weighted by atomic mass is 32.1. The highest BCUT2D eigenvalue weighted by molar-refractivity contribution is 7.14. The van der Waals surface area contributed by atoms with Gasteiger partial charge in [0.05, 0.1) is 12.8 Å². The number of para-hydroxylation sites is 1. The number of aromatic nitrogens is 1. The van der Waals surface area contributed by atoms with Gasteiger partial charge in [-0.25, -0.2) is 4.98 Å². The average Bonchev–Trinajstić information content (AvgIpc) is 2.93. The first-order valence-corrected chi connectivity index (χ1v) is 8.17. The highest BCUT2D eigenvalue weighted by Crippen LogP contribution is 2.32. The van der Waals surface area contributed by atoms with Gasteiger partial charge in [-0.2, -0.15) is 0 Å². The lowest BCUT2D eigenvalue weighted by atomic mass is 9.88. The van der Waals surface area contributed by atoms with Gasteiger partial charge in [-0.3, -0.25) is 4.79 Å². The van der Waals surface area contributed by atoms with E-state index in [1.54, 1.807) is 7.11 Å². The van der Waals surface area contributed by atoms with Crippen LogP contribution in [0.3, 0.4) is 0 Å². The molecule has 1 aliphatic heterocycles. The van der Waals surface area contributed by atoms with E-state index in [0.29, 0.717) is 11.0 Å². The number of hydrogen-bond acceptors (Lipinski definition) is 5. The number of nitrogens with zero attached hydrogens (tertiary/aromatic N) is 1. The summed E-state index contributed by atoms with van der Waals surface area (Å²) in [6.07, 6.45) is 0. The largest absolute Gasteiger partial charge is 0.496 e. The maximum absolute atomic E-state index is 12.2. The Morgan fingerprint density at radius 1 is 1.45 bits per heavy atom. The summed E-state index contributed by atoms with van der Waals surface area (Å²) >= 11 is 1.43. The molecule has 0 aliphatic carbocycles. The van der Waals surface area contributed by atoms with Crippen molar-refractivity contribution in [2.75, 3.05) is 25.5 Å². The van der Waals surface area contributed by atoms with Crippen molar-refractivity contribution < 1.29 is 9.53 Å². The molecule has 22 heavy (non-hydrogen) atoms. The maximum Gasteiger partial charge on any atom is 0.229 e. The normalized spacial score (nSPS) is 15.9. The van der Waals surface area contributed by atoms with E-state index in [-0.39, 0.29) is 11.8 Å². The minimum absolute atomic E-state index is 0.000128. The number of thiazole rings is 1. The van der Waals surface area contributed by atoms with Crippen LogP contribution in [0.5, 0.6) is 5.75 Å². The van der Waals surface area contributed by atoms with Crippen molar-refractivity contribution in [1.29, 1.82) is 0 Å². The Kier molecular flexibility index (Phi) is 4.40. The summed E-state index contributed by atoms with van der Waals surface area (Å²) < 4.78 is 5.35. The van der Waals surface area contributed by atoms with E-state index in [9.17, 15) is 4.79 Å². The zero-order valence-electron chi connectivity index (χ0n) is 12.6. The molecule has 1 aromatic heterocycles. The van der Waals surface area contributed by atoms with E-state index < -0.39 is 0 Å². The molecule has 5 nitrogen and oxygen atoms in total. The predicted octanol–water partition coefficient (Wildman–Crippen LogP) is 2.61. The number of hydrogen-bond donors (Lipinski definition) is 2. The minimum Gasteiger partial charge on any atom is -0.496 e. The number of anilines is 1. The first-order valence-electron chi connectivity index (χ1n) is 7.29. The predicted molar refractivity (Wildman–Crippen MR) is 88.3 cm³/mol. The molecular formula is C16H19N3O2S. The topological polar surface area (TPSA) is 63.2 Å². The molecule has 1 unspecified atom stereocenters. The molecule has 1 saturated heterocycles. The third-order valence-corrected chi connectivity index (χ3v) is 4.81. The number of amides is 1. The lowest BCUT2D eigenvalue weighted by molar-refractivity contribution is -0.121. The van der Waals surface area contributed by atoms with E-state index >= 15 is 0 Å². The number of methoxy groups -OCH3 is 1. The zero-order valence-corrected chi connectivity index (χ0v) is 13.4. The van der Waals surface area contributed by atoms with Gasteiger partial charge in [0.1, 0.15) is 5.75 Å². The molecule has 0 spiro atoms. The average molecular weight is 317 g/mol. The third-order valence-electron chi connectivity index (χ3n) is 4.05. The summed E-state index contributed by atoms with van der Waals surface area (Å²) in [5, 5.41) is 8.67. The molecule has 3 rings (SSSR count). The number of carbonyl (C=O) groups is 1. The van der Waals surface area contributed by atoms with Crippen molar-refractivity contribution in [1.82, 2.24) is 10.3 Å². The van der Waals surface area contributed by atoms with Gasteiger partial charge in [0.15, 0.2) is 5.13 Å². The molecule has 1 aliphatic rings. The van der Waals surface area contributed by atoms with Crippen LogP contribution < -0.4 is 15.4 Å². The Balaban J connectivity index is 1.72. The van der Waals surface area contributed by atoms with Crippen LogP contribution in [-0.2, 0) is 4.79 Å². The molecule has 116 valence electrons. The lowest BCUT2D eigenvalue weighted by Gasteiger charge is -2.31. The van der Waals surface area contributed by atoms with Crippen molar-refractivity contribution in [3.05, 3.63) is 29.6 Å². The zero-order chi connectivity index (χ0) is 15.5. The Morgan fingerprint density at radius 3 is 2.91 bits per heavy atom. The first-order chi connectivity index (χ1) is 10.7. The van der Waals surface area contributed by atoms with Crippen LogP contribution in [0.2, 0.25) is 0 Å². The van der Waals surface area contributed by atoms with Crippen LogP contribution in [0.25, 0.3) is 11.3 Å². The summed E-state index contributed by atoms with van der Waals surface area (Å²) in [7, 11) is 1.64. The van der Waals surface area contributed by atoms with Crippen molar-refractivity contribution >= 4 is 22.4 Å². The Morgan fingerprint density at radius 2 is 2.23 bits per heavy atom. The summed E-state index contributed by atoms with van der Waals surface area (Å²) in [4.78, 5) is 16.7. The molecule has 1 amide bonds. The maximum atomic E-state index is 12.2. The second-order valence-electron chi connectivity index (χ2n) is 5.43.